The van der Waals surface area contributed by atoms with E-state index < -0.39 is 0 Å². The van der Waals surface area contributed by atoms with Crippen molar-refractivity contribution in [2.45, 2.75) is 45.1 Å². The minimum Gasteiger partial charge on any atom is -0.494 e. The summed E-state index contributed by atoms with van der Waals surface area (Å²) in [4.78, 5) is 41.9. The number of amides is 3. The van der Waals surface area contributed by atoms with Crippen molar-refractivity contribution >= 4 is 40.7 Å². The molecule has 0 aromatic heterocycles. The Morgan fingerprint density at radius 1 is 1.03 bits per heavy atom. The zero-order chi connectivity index (χ0) is 27.2. The summed E-state index contributed by atoms with van der Waals surface area (Å²) >= 11 is 6.05. The molecule has 7 nitrogen and oxygen atoms in total. The maximum atomic E-state index is 13.8. The highest BCUT2D eigenvalue weighted by molar-refractivity contribution is 6.30. The van der Waals surface area contributed by atoms with Crippen molar-refractivity contribution in [3.8, 4) is 5.75 Å². The van der Waals surface area contributed by atoms with Crippen LogP contribution in [0.1, 0.15) is 54.9 Å². The number of para-hydroxylation sites is 1. The summed E-state index contributed by atoms with van der Waals surface area (Å²) in [5, 5.41) is 0.616. The molecule has 3 aromatic carbocycles. The molecule has 0 saturated carbocycles. The third-order valence-corrected chi connectivity index (χ3v) is 7.02. The third-order valence-electron chi connectivity index (χ3n) is 6.76. The number of nitrogens with zero attached hydrogens (tertiary/aromatic N) is 2. The molecule has 3 aromatic rings. The number of carbonyl (C=O) groups excluding carboxylic acids is 3. The number of likely N-dealkylation sites (N-methyl/N-ethyl adjacent to an activating group) is 1. The number of carbonyl (C=O) groups is 3. The predicted octanol–water partition coefficient (Wildman–Crippen LogP) is 5.56. The Hall–Kier alpha value is -3.84. The summed E-state index contributed by atoms with van der Waals surface area (Å²) < 4.78 is 5.65. The molecule has 3 amide bonds. The number of hydrogen-bond acceptors (Lipinski definition) is 4. The molecule has 0 aliphatic carbocycles. The van der Waals surface area contributed by atoms with Crippen molar-refractivity contribution in [1.82, 2.24) is 0 Å². The van der Waals surface area contributed by atoms with Crippen molar-refractivity contribution in [2.75, 3.05) is 23.0 Å². The summed E-state index contributed by atoms with van der Waals surface area (Å²) in [5.74, 6) is -0.260. The molecule has 0 radical (unpaired) electrons. The minimum atomic E-state index is -0.378. The molecule has 1 aliphatic heterocycles. The van der Waals surface area contributed by atoms with E-state index in [2.05, 4.69) is 0 Å². The topological polar surface area (TPSA) is 92.9 Å². The van der Waals surface area contributed by atoms with Gasteiger partial charge in [0.15, 0.2) is 0 Å². The van der Waals surface area contributed by atoms with E-state index in [9.17, 15) is 14.4 Å². The fourth-order valence-corrected chi connectivity index (χ4v) is 5.03. The van der Waals surface area contributed by atoms with Gasteiger partial charge in [0.1, 0.15) is 5.75 Å². The van der Waals surface area contributed by atoms with Crippen LogP contribution in [0.4, 0.5) is 11.4 Å². The van der Waals surface area contributed by atoms with Crippen LogP contribution in [-0.2, 0) is 9.59 Å². The lowest BCUT2D eigenvalue weighted by molar-refractivity contribution is -0.120. The normalized spacial score (nSPS) is 16.4. The van der Waals surface area contributed by atoms with Crippen LogP contribution in [0.25, 0.3) is 0 Å². The molecule has 4 rings (SSSR count). The van der Waals surface area contributed by atoms with Gasteiger partial charge in [0, 0.05) is 41.0 Å². The van der Waals surface area contributed by atoms with Crippen LogP contribution in [0.5, 0.6) is 5.75 Å². The molecule has 0 spiro atoms. The van der Waals surface area contributed by atoms with Crippen LogP contribution in [0, 0.1) is 0 Å². The van der Waals surface area contributed by atoms with Gasteiger partial charge in [0.05, 0.1) is 12.5 Å². The smallest absolute Gasteiger partial charge is 0.258 e. The Morgan fingerprint density at radius 2 is 1.71 bits per heavy atom. The molecule has 0 saturated heterocycles. The monoisotopic (exact) mass is 533 g/mol. The second-order valence-electron chi connectivity index (χ2n) is 9.37. The summed E-state index contributed by atoms with van der Waals surface area (Å²) in [6, 6.07) is 21.6. The quantitative estimate of drug-likeness (QED) is 0.364. The average Bonchev–Trinajstić information content (AvgIpc) is 2.92. The Kier molecular flexibility index (Phi) is 8.69. The number of benzene rings is 3. The van der Waals surface area contributed by atoms with E-state index in [-0.39, 0.29) is 36.1 Å². The van der Waals surface area contributed by atoms with Crippen LogP contribution < -0.4 is 20.3 Å². The first kappa shape index (κ1) is 27.2. The number of ether oxygens (including phenoxy) is 1. The van der Waals surface area contributed by atoms with E-state index in [4.69, 9.17) is 22.1 Å². The van der Waals surface area contributed by atoms with Gasteiger partial charge in [-0.1, -0.05) is 29.8 Å². The lowest BCUT2D eigenvalue weighted by Crippen LogP contribution is -2.46. The second kappa shape index (κ2) is 12.1. The fourth-order valence-electron chi connectivity index (χ4n) is 4.90. The molecule has 38 heavy (non-hydrogen) atoms. The maximum Gasteiger partial charge on any atom is 0.258 e. The average molecular weight is 534 g/mol. The molecular weight excluding hydrogens is 502 g/mol. The fraction of sp³-hybridized carbons (Fsp3) is 0.300. The Bertz CT molecular complexity index is 1290. The first-order valence-electron chi connectivity index (χ1n) is 12.8. The third kappa shape index (κ3) is 6.00. The highest BCUT2D eigenvalue weighted by Gasteiger charge is 2.38. The summed E-state index contributed by atoms with van der Waals surface area (Å²) in [6.07, 6.45) is 1.31. The van der Waals surface area contributed by atoms with Gasteiger partial charge in [-0.05, 0) is 86.8 Å². The molecule has 2 N–H and O–H groups in total. The molecule has 1 heterocycles. The number of anilines is 2. The standard InChI is InChI=1S/C30H32ClN3O4/c1-3-33(23-14-12-22(31)13-15-23)30(37)26-19-20(2)34(27-8-5-4-7-25(26)27)29(36)21-10-16-24(17-11-21)38-18-6-9-28(32)35/h4-5,7-8,10-17,20,26H,3,6,9,18-19H2,1-2H3,(H2,32,35)/t20-,26-/m0/s1. The number of rotatable bonds is 9. The van der Waals surface area contributed by atoms with Crippen LogP contribution in [-0.4, -0.2) is 36.9 Å². The minimum absolute atomic E-state index is 0.000872. The number of hydrogen-bond donors (Lipinski definition) is 1. The molecule has 8 heteroatoms. The lowest BCUT2D eigenvalue weighted by atomic mass is 9.84. The van der Waals surface area contributed by atoms with Gasteiger partial charge in [-0.25, -0.2) is 0 Å². The Labute approximate surface area is 228 Å². The lowest BCUT2D eigenvalue weighted by Gasteiger charge is -2.40. The molecule has 0 fully saturated rings. The SMILES string of the molecule is CCN(C(=O)[C@H]1C[C@H](C)N(C(=O)c2ccc(OCCCC(N)=O)cc2)c2ccccc21)c1ccc(Cl)cc1. The van der Waals surface area contributed by atoms with E-state index in [1.165, 1.54) is 0 Å². The molecule has 0 unspecified atom stereocenters. The highest BCUT2D eigenvalue weighted by Crippen LogP contribution is 2.41. The molecule has 0 bridgehead atoms. The van der Waals surface area contributed by atoms with Crippen molar-refractivity contribution in [3.05, 3.63) is 88.9 Å². The van der Waals surface area contributed by atoms with Gasteiger partial charge in [-0.3, -0.25) is 14.4 Å². The van der Waals surface area contributed by atoms with Crippen molar-refractivity contribution < 1.29 is 19.1 Å². The van der Waals surface area contributed by atoms with Crippen LogP contribution in [0.15, 0.2) is 72.8 Å². The van der Waals surface area contributed by atoms with E-state index >= 15 is 0 Å². The zero-order valence-electron chi connectivity index (χ0n) is 21.6. The second-order valence-corrected chi connectivity index (χ2v) is 9.81. The van der Waals surface area contributed by atoms with Gasteiger partial charge < -0.3 is 20.3 Å². The van der Waals surface area contributed by atoms with E-state index in [1.807, 2.05) is 50.2 Å². The van der Waals surface area contributed by atoms with E-state index in [0.29, 0.717) is 42.3 Å². The van der Waals surface area contributed by atoms with Gasteiger partial charge in [-0.15, -0.1) is 0 Å². The number of fused-ring (bicyclic) bond motifs is 1. The highest BCUT2D eigenvalue weighted by atomic mass is 35.5. The predicted molar refractivity (Wildman–Crippen MR) is 150 cm³/mol. The first-order valence-corrected chi connectivity index (χ1v) is 13.2. The van der Waals surface area contributed by atoms with Crippen molar-refractivity contribution in [1.29, 1.82) is 0 Å². The van der Waals surface area contributed by atoms with Crippen molar-refractivity contribution in [3.63, 3.8) is 0 Å². The molecule has 198 valence electrons. The number of primary amides is 1. The van der Waals surface area contributed by atoms with Gasteiger partial charge in [-0.2, -0.15) is 0 Å². The van der Waals surface area contributed by atoms with Crippen LogP contribution in [0.3, 0.4) is 0 Å². The number of halogens is 1. The summed E-state index contributed by atoms with van der Waals surface area (Å²) in [5.41, 5.74) is 8.06. The largest absolute Gasteiger partial charge is 0.494 e. The number of nitrogens with two attached hydrogens (primary N) is 1. The van der Waals surface area contributed by atoms with E-state index in [1.54, 1.807) is 46.2 Å². The molecular formula is C30H32ClN3O4. The zero-order valence-corrected chi connectivity index (χ0v) is 22.4. The summed E-state index contributed by atoms with van der Waals surface area (Å²) in [6.45, 7) is 4.81. The van der Waals surface area contributed by atoms with E-state index in [0.717, 1.165) is 16.9 Å². The summed E-state index contributed by atoms with van der Waals surface area (Å²) in [7, 11) is 0. The van der Waals surface area contributed by atoms with Gasteiger partial charge in [0.2, 0.25) is 11.8 Å². The van der Waals surface area contributed by atoms with Crippen LogP contribution >= 0.6 is 11.6 Å². The molecule has 2 atom stereocenters. The van der Waals surface area contributed by atoms with Crippen LogP contribution in [0.2, 0.25) is 5.02 Å². The Balaban J connectivity index is 1.55. The Morgan fingerprint density at radius 3 is 2.37 bits per heavy atom. The first-order chi connectivity index (χ1) is 18.3. The maximum absolute atomic E-state index is 13.8. The van der Waals surface area contributed by atoms with Gasteiger partial charge >= 0.3 is 0 Å². The van der Waals surface area contributed by atoms with Crippen molar-refractivity contribution in [2.24, 2.45) is 5.73 Å². The van der Waals surface area contributed by atoms with Gasteiger partial charge in [0.25, 0.3) is 5.91 Å². The molecule has 1 aliphatic rings.